The quantitative estimate of drug-likeness (QED) is 0.476. The van der Waals surface area contributed by atoms with E-state index in [1.165, 1.54) is 0 Å². The Kier molecular flexibility index (Phi) is 7.08. The number of benzene rings is 2. The van der Waals surface area contributed by atoms with Crippen molar-refractivity contribution in [2.45, 2.75) is 32.4 Å². The third-order valence-corrected chi connectivity index (χ3v) is 7.31. The van der Waals surface area contributed by atoms with Crippen molar-refractivity contribution in [3.63, 3.8) is 0 Å². The Balaban J connectivity index is 1.41. The summed E-state index contributed by atoms with van der Waals surface area (Å²) in [5, 5.41) is 6.11. The van der Waals surface area contributed by atoms with Crippen LogP contribution in [0.25, 0.3) is 22.5 Å². The van der Waals surface area contributed by atoms with Crippen LogP contribution in [0.5, 0.6) is 0 Å². The molecular formula is C28H34FN7O. The number of amides is 1. The number of hydrogen-bond donors (Lipinski definition) is 3. The topological polar surface area (TPSA) is 99.4 Å². The number of hydrogen-bond acceptors (Lipinski definition) is 7. The molecule has 8 nitrogen and oxygen atoms in total. The molecule has 3 heterocycles. The van der Waals surface area contributed by atoms with Crippen LogP contribution in [0.4, 0.5) is 15.9 Å². The summed E-state index contributed by atoms with van der Waals surface area (Å²) in [6, 6.07) is 13.8. The highest BCUT2D eigenvalue weighted by Gasteiger charge is 2.25. The number of nitrogens with two attached hydrogens (primary N) is 1. The molecule has 5 rings (SSSR count). The molecule has 3 aromatic rings. The average molecular weight is 504 g/mol. The number of piperazine rings is 1. The molecule has 9 heteroatoms. The number of nitrogen functional groups attached to an aromatic ring is 1. The van der Waals surface area contributed by atoms with Crippen molar-refractivity contribution in [3.8, 4) is 22.5 Å². The second-order valence-corrected chi connectivity index (χ2v) is 10.1. The number of carbonyl (C=O) groups excluding carboxylic acids is 1. The summed E-state index contributed by atoms with van der Waals surface area (Å²) in [7, 11) is 1.85. The summed E-state index contributed by atoms with van der Waals surface area (Å²) in [5.74, 6) is -0.781. The fourth-order valence-corrected chi connectivity index (χ4v) is 5.23. The number of anilines is 2. The van der Waals surface area contributed by atoms with Gasteiger partial charge in [0.05, 0.1) is 0 Å². The molecule has 194 valence electrons. The van der Waals surface area contributed by atoms with Crippen molar-refractivity contribution in [1.82, 2.24) is 25.5 Å². The van der Waals surface area contributed by atoms with Gasteiger partial charge in [-0.25, -0.2) is 4.98 Å². The fourth-order valence-electron chi connectivity index (χ4n) is 5.23. The van der Waals surface area contributed by atoms with Crippen LogP contribution in [0.3, 0.4) is 0 Å². The Hall–Kier alpha value is -3.56. The molecule has 4 N–H and O–H groups in total. The first-order valence-electron chi connectivity index (χ1n) is 12.8. The van der Waals surface area contributed by atoms with Gasteiger partial charge in [-0.05, 0) is 57.1 Å². The standard InChI is InChI=1S/C28H34FN7O/c1-17(2)35-10-12-36(13-11-35)22-7-4-18(5-8-22)24-26(29)34-27(30)25(33-24)19-6-9-23-20(14-19)15-21(16-31-3)32-28(23)37/h4-9,14,17,21,31H,10-13,15-16H2,1-3H3,(H2,30,34)(H,32,37). The lowest BCUT2D eigenvalue weighted by atomic mass is 9.92. The van der Waals surface area contributed by atoms with Gasteiger partial charge in [-0.2, -0.15) is 9.37 Å². The second kappa shape index (κ2) is 10.4. The molecule has 0 spiro atoms. The van der Waals surface area contributed by atoms with E-state index in [9.17, 15) is 9.18 Å². The van der Waals surface area contributed by atoms with Crippen LogP contribution < -0.4 is 21.3 Å². The maximum Gasteiger partial charge on any atom is 0.251 e. The van der Waals surface area contributed by atoms with Gasteiger partial charge in [-0.3, -0.25) is 9.69 Å². The van der Waals surface area contributed by atoms with Gasteiger partial charge in [-0.1, -0.05) is 18.2 Å². The van der Waals surface area contributed by atoms with E-state index in [1.807, 2.05) is 37.4 Å². The number of rotatable bonds is 6. The molecule has 1 atom stereocenters. The molecule has 1 aromatic heterocycles. The van der Waals surface area contributed by atoms with E-state index < -0.39 is 5.95 Å². The molecule has 1 fully saturated rings. The van der Waals surface area contributed by atoms with E-state index >= 15 is 0 Å². The van der Waals surface area contributed by atoms with Gasteiger partial charge in [0, 0.05) is 67.2 Å². The minimum Gasteiger partial charge on any atom is -0.382 e. The van der Waals surface area contributed by atoms with Crippen LogP contribution in [0.1, 0.15) is 29.8 Å². The zero-order valence-electron chi connectivity index (χ0n) is 21.6. The highest BCUT2D eigenvalue weighted by atomic mass is 19.1. The maximum absolute atomic E-state index is 14.9. The van der Waals surface area contributed by atoms with Crippen LogP contribution in [0.15, 0.2) is 42.5 Å². The van der Waals surface area contributed by atoms with Crippen LogP contribution in [-0.2, 0) is 6.42 Å². The summed E-state index contributed by atoms with van der Waals surface area (Å²) in [6.07, 6.45) is 0.685. The van der Waals surface area contributed by atoms with Gasteiger partial charge in [0.25, 0.3) is 5.91 Å². The first-order chi connectivity index (χ1) is 17.8. The number of likely N-dealkylation sites (N-methyl/N-ethyl adjacent to an activating group) is 1. The summed E-state index contributed by atoms with van der Waals surface area (Å²) in [5.41, 5.74) is 10.7. The summed E-state index contributed by atoms with van der Waals surface area (Å²) in [6.45, 7) is 9.09. The summed E-state index contributed by atoms with van der Waals surface area (Å²) in [4.78, 5) is 25.9. The lowest BCUT2D eigenvalue weighted by Crippen LogP contribution is -2.48. The molecule has 0 bridgehead atoms. The number of halogens is 1. The average Bonchev–Trinajstić information content (AvgIpc) is 2.89. The van der Waals surface area contributed by atoms with Gasteiger partial charge < -0.3 is 21.3 Å². The lowest BCUT2D eigenvalue weighted by molar-refractivity contribution is 0.0925. The number of nitrogens with zero attached hydrogens (tertiary/aromatic N) is 4. The van der Waals surface area contributed by atoms with Crippen LogP contribution in [0.2, 0.25) is 0 Å². The Morgan fingerprint density at radius 2 is 1.76 bits per heavy atom. The van der Waals surface area contributed by atoms with Gasteiger partial charge in [-0.15, -0.1) is 0 Å². The molecule has 1 unspecified atom stereocenters. The smallest absolute Gasteiger partial charge is 0.251 e. The largest absolute Gasteiger partial charge is 0.382 e. The Labute approximate surface area is 217 Å². The van der Waals surface area contributed by atoms with Crippen molar-refractivity contribution in [2.24, 2.45) is 0 Å². The molecule has 2 aromatic carbocycles. The third kappa shape index (κ3) is 5.14. The predicted octanol–water partition coefficient (Wildman–Crippen LogP) is 2.94. The highest BCUT2D eigenvalue weighted by molar-refractivity contribution is 5.97. The molecule has 2 aliphatic rings. The monoisotopic (exact) mass is 503 g/mol. The maximum atomic E-state index is 14.9. The Bertz CT molecular complexity index is 1290. The van der Waals surface area contributed by atoms with Crippen LogP contribution >= 0.6 is 0 Å². The number of aromatic nitrogens is 2. The van der Waals surface area contributed by atoms with Crippen LogP contribution in [-0.4, -0.2) is 72.6 Å². The van der Waals surface area contributed by atoms with E-state index in [-0.39, 0.29) is 23.5 Å². The lowest BCUT2D eigenvalue weighted by Gasteiger charge is -2.38. The van der Waals surface area contributed by atoms with Crippen molar-refractivity contribution in [2.75, 3.05) is 50.4 Å². The third-order valence-electron chi connectivity index (χ3n) is 7.31. The molecule has 0 aliphatic carbocycles. The first-order valence-corrected chi connectivity index (χ1v) is 12.8. The minimum atomic E-state index is -0.703. The number of fused-ring (bicyclic) bond motifs is 1. The summed E-state index contributed by atoms with van der Waals surface area (Å²) < 4.78 is 14.9. The van der Waals surface area contributed by atoms with Crippen molar-refractivity contribution in [3.05, 3.63) is 59.5 Å². The van der Waals surface area contributed by atoms with Crippen LogP contribution in [0, 0.1) is 5.95 Å². The molecule has 0 saturated carbocycles. The first kappa shape index (κ1) is 25.1. The SMILES string of the molecule is CNCC1Cc2cc(-c3nc(-c4ccc(N5CCN(C(C)C)CC5)cc4)c(F)nc3N)ccc2C(=O)N1. The minimum absolute atomic E-state index is 0.000625. The van der Waals surface area contributed by atoms with Crippen molar-refractivity contribution in [1.29, 1.82) is 0 Å². The predicted molar refractivity (Wildman–Crippen MR) is 145 cm³/mol. The highest BCUT2D eigenvalue weighted by Crippen LogP contribution is 2.31. The summed E-state index contributed by atoms with van der Waals surface area (Å²) >= 11 is 0. The molecule has 2 aliphatic heterocycles. The zero-order chi connectivity index (χ0) is 26.1. The number of nitrogens with one attached hydrogen (secondary N) is 2. The molecule has 37 heavy (non-hydrogen) atoms. The van der Waals surface area contributed by atoms with Gasteiger partial charge in [0.15, 0.2) is 5.82 Å². The molecular weight excluding hydrogens is 469 g/mol. The van der Waals surface area contributed by atoms with Crippen molar-refractivity contribution >= 4 is 17.4 Å². The Morgan fingerprint density at radius 1 is 1.05 bits per heavy atom. The number of carbonyl (C=O) groups is 1. The fraction of sp³-hybridized carbons (Fsp3) is 0.393. The van der Waals surface area contributed by atoms with E-state index in [1.54, 1.807) is 12.1 Å². The zero-order valence-corrected chi connectivity index (χ0v) is 21.6. The van der Waals surface area contributed by atoms with Gasteiger partial charge in [0.1, 0.15) is 11.4 Å². The van der Waals surface area contributed by atoms with Gasteiger partial charge in [0.2, 0.25) is 5.95 Å². The normalized spacial score (nSPS) is 18.1. The Morgan fingerprint density at radius 3 is 2.43 bits per heavy atom. The molecule has 1 saturated heterocycles. The van der Waals surface area contributed by atoms with E-state index in [2.05, 4.69) is 44.2 Å². The van der Waals surface area contributed by atoms with E-state index in [4.69, 9.17) is 5.73 Å². The second-order valence-electron chi connectivity index (χ2n) is 10.1. The van der Waals surface area contributed by atoms with Crippen molar-refractivity contribution < 1.29 is 9.18 Å². The van der Waals surface area contributed by atoms with E-state index in [0.29, 0.717) is 41.4 Å². The molecule has 0 radical (unpaired) electrons. The van der Waals surface area contributed by atoms with Gasteiger partial charge >= 0.3 is 0 Å². The molecule has 1 amide bonds. The van der Waals surface area contributed by atoms with E-state index in [0.717, 1.165) is 37.4 Å².